The molecule has 1 saturated heterocycles. The lowest BCUT2D eigenvalue weighted by atomic mass is 9.87. The van der Waals surface area contributed by atoms with Crippen LogP contribution >= 0.6 is 11.3 Å². The lowest BCUT2D eigenvalue weighted by Crippen LogP contribution is -2.41. The van der Waals surface area contributed by atoms with Crippen LogP contribution in [0.3, 0.4) is 0 Å². The number of rotatable bonds is 2. The fourth-order valence-electron chi connectivity index (χ4n) is 2.23. The summed E-state index contributed by atoms with van der Waals surface area (Å²) in [5.41, 5.74) is 1.38. The van der Waals surface area contributed by atoms with E-state index in [-0.39, 0.29) is 24.1 Å². The average Bonchev–Trinajstić information content (AvgIpc) is 2.94. The molecule has 1 aliphatic rings. The summed E-state index contributed by atoms with van der Waals surface area (Å²) in [4.78, 5) is 0. The summed E-state index contributed by atoms with van der Waals surface area (Å²) in [6, 6.07) is 8.57. The average molecular weight is 304 g/mol. The van der Waals surface area contributed by atoms with Crippen molar-refractivity contribution < 1.29 is 13.7 Å². The monoisotopic (exact) mass is 304 g/mol. The van der Waals surface area contributed by atoms with Crippen molar-refractivity contribution in [3.63, 3.8) is 0 Å². The topological polar surface area (TPSA) is 18.5 Å². The summed E-state index contributed by atoms with van der Waals surface area (Å²) in [6.07, 6.45) is 0. The van der Waals surface area contributed by atoms with Crippen molar-refractivity contribution in [3.8, 4) is 11.1 Å². The highest BCUT2D eigenvalue weighted by atomic mass is 32.1. The third kappa shape index (κ3) is 2.66. The Bertz CT molecular complexity index is 633. The van der Waals surface area contributed by atoms with Crippen molar-refractivity contribution in [2.75, 3.05) is 0 Å². The SMILES string of the molecule is CC1(C)OB(c2cc(-c3ccc(F)cc3)cs2)OC1(C)C. The van der Waals surface area contributed by atoms with Gasteiger partial charge in [-0.1, -0.05) is 12.1 Å². The molecule has 5 heteroatoms. The first-order chi connectivity index (χ1) is 9.78. The third-order valence-corrected chi connectivity index (χ3v) is 5.24. The molecule has 0 spiro atoms. The van der Waals surface area contributed by atoms with Gasteiger partial charge in [0.15, 0.2) is 0 Å². The van der Waals surface area contributed by atoms with E-state index in [1.807, 2.05) is 33.1 Å². The Hall–Kier alpha value is -1.17. The molecule has 0 N–H and O–H groups in total. The molecule has 2 nitrogen and oxygen atoms in total. The van der Waals surface area contributed by atoms with E-state index in [9.17, 15) is 4.39 Å². The van der Waals surface area contributed by atoms with Crippen LogP contribution < -0.4 is 4.78 Å². The second-order valence-electron chi connectivity index (χ2n) is 6.33. The molecule has 110 valence electrons. The van der Waals surface area contributed by atoms with Crippen LogP contribution in [0, 0.1) is 5.82 Å². The Balaban J connectivity index is 1.85. The minimum atomic E-state index is -0.339. The van der Waals surface area contributed by atoms with Gasteiger partial charge in [-0.3, -0.25) is 0 Å². The normalized spacial score (nSPS) is 20.0. The van der Waals surface area contributed by atoms with Gasteiger partial charge in [0.2, 0.25) is 0 Å². The van der Waals surface area contributed by atoms with E-state index in [4.69, 9.17) is 9.31 Å². The molecule has 2 aromatic rings. The first-order valence-corrected chi connectivity index (χ1v) is 7.86. The standard InChI is InChI=1S/C16H18BFO2S/c1-15(2)16(3,4)20-17(19-15)14-9-12(10-21-14)11-5-7-13(18)8-6-11/h5-10H,1-4H3. The lowest BCUT2D eigenvalue weighted by molar-refractivity contribution is 0.00578. The highest BCUT2D eigenvalue weighted by Crippen LogP contribution is 2.37. The molecule has 21 heavy (non-hydrogen) atoms. The van der Waals surface area contributed by atoms with Gasteiger partial charge < -0.3 is 9.31 Å². The van der Waals surface area contributed by atoms with Gasteiger partial charge in [0, 0.05) is 4.78 Å². The van der Waals surface area contributed by atoms with Gasteiger partial charge in [-0.2, -0.15) is 11.3 Å². The van der Waals surface area contributed by atoms with Crippen LogP contribution in [0.4, 0.5) is 4.39 Å². The number of halogens is 1. The molecule has 0 atom stereocenters. The maximum absolute atomic E-state index is 13.0. The fourth-order valence-corrected chi connectivity index (χ4v) is 3.10. The minimum Gasteiger partial charge on any atom is -0.399 e. The van der Waals surface area contributed by atoms with Crippen LogP contribution in [0.1, 0.15) is 27.7 Å². The van der Waals surface area contributed by atoms with Gasteiger partial charge in [0.05, 0.1) is 11.2 Å². The molecular weight excluding hydrogens is 286 g/mol. The summed E-state index contributed by atoms with van der Waals surface area (Å²) in [5.74, 6) is -0.222. The molecule has 3 rings (SSSR count). The molecule has 2 heterocycles. The molecule has 0 radical (unpaired) electrons. The third-order valence-electron chi connectivity index (χ3n) is 4.28. The van der Waals surface area contributed by atoms with Crippen molar-refractivity contribution in [2.24, 2.45) is 0 Å². The van der Waals surface area contributed by atoms with E-state index in [1.54, 1.807) is 23.5 Å². The summed E-state index contributed by atoms with van der Waals surface area (Å²) in [7, 11) is -0.339. The van der Waals surface area contributed by atoms with Crippen molar-refractivity contribution in [1.82, 2.24) is 0 Å². The Morgan fingerprint density at radius 1 is 0.952 bits per heavy atom. The van der Waals surface area contributed by atoms with Crippen molar-refractivity contribution in [2.45, 2.75) is 38.9 Å². The molecule has 1 aliphatic heterocycles. The number of hydrogen-bond donors (Lipinski definition) is 0. The van der Waals surface area contributed by atoms with Crippen LogP contribution in [0.25, 0.3) is 11.1 Å². The number of hydrogen-bond acceptors (Lipinski definition) is 3. The van der Waals surface area contributed by atoms with E-state index in [1.165, 1.54) is 12.1 Å². The van der Waals surface area contributed by atoms with E-state index in [0.717, 1.165) is 15.9 Å². The summed E-state index contributed by atoms with van der Waals surface area (Å²) in [5, 5.41) is 2.05. The van der Waals surface area contributed by atoms with Crippen LogP contribution in [-0.4, -0.2) is 18.3 Å². The number of benzene rings is 1. The Labute approximate surface area is 129 Å². The van der Waals surface area contributed by atoms with Gasteiger partial charge >= 0.3 is 7.12 Å². The van der Waals surface area contributed by atoms with E-state index >= 15 is 0 Å². The predicted molar refractivity (Wildman–Crippen MR) is 85.4 cm³/mol. The molecule has 0 amide bonds. The molecule has 0 saturated carbocycles. The number of thiophene rings is 1. The van der Waals surface area contributed by atoms with E-state index in [2.05, 4.69) is 6.07 Å². The van der Waals surface area contributed by atoms with Crippen LogP contribution in [0.15, 0.2) is 35.7 Å². The Morgan fingerprint density at radius 3 is 2.10 bits per heavy atom. The first kappa shape index (κ1) is 14.8. The zero-order chi connectivity index (χ0) is 15.3. The maximum Gasteiger partial charge on any atom is 0.505 e. The van der Waals surface area contributed by atoms with Crippen LogP contribution in [0.2, 0.25) is 0 Å². The molecule has 0 bridgehead atoms. The smallest absolute Gasteiger partial charge is 0.399 e. The predicted octanol–water partition coefficient (Wildman–Crippen LogP) is 3.85. The minimum absolute atomic E-state index is 0.222. The summed E-state index contributed by atoms with van der Waals surface area (Å²) < 4.78 is 26.1. The largest absolute Gasteiger partial charge is 0.505 e. The van der Waals surface area contributed by atoms with Crippen LogP contribution in [-0.2, 0) is 9.31 Å². The van der Waals surface area contributed by atoms with Crippen molar-refractivity contribution in [3.05, 3.63) is 41.5 Å². The van der Waals surface area contributed by atoms with E-state index < -0.39 is 0 Å². The lowest BCUT2D eigenvalue weighted by Gasteiger charge is -2.32. The molecule has 1 fully saturated rings. The van der Waals surface area contributed by atoms with Gasteiger partial charge in [-0.15, -0.1) is 0 Å². The molecule has 0 aliphatic carbocycles. The Morgan fingerprint density at radius 2 is 1.52 bits per heavy atom. The first-order valence-electron chi connectivity index (χ1n) is 6.98. The Kier molecular flexibility index (Phi) is 3.47. The van der Waals surface area contributed by atoms with Crippen molar-refractivity contribution >= 4 is 23.2 Å². The van der Waals surface area contributed by atoms with E-state index in [0.29, 0.717) is 0 Å². The molecule has 0 unspecified atom stereocenters. The highest BCUT2D eigenvalue weighted by Gasteiger charge is 2.52. The highest BCUT2D eigenvalue weighted by molar-refractivity contribution is 7.21. The van der Waals surface area contributed by atoms with Gasteiger partial charge in [0.1, 0.15) is 5.82 Å². The summed E-state index contributed by atoms with van der Waals surface area (Å²) in [6.45, 7) is 8.17. The second kappa shape index (κ2) is 4.94. The quantitative estimate of drug-likeness (QED) is 0.785. The second-order valence-corrected chi connectivity index (χ2v) is 7.28. The fraction of sp³-hybridized carbons (Fsp3) is 0.375. The summed E-state index contributed by atoms with van der Waals surface area (Å²) >= 11 is 1.60. The van der Waals surface area contributed by atoms with Gasteiger partial charge in [-0.05, 0) is 62.4 Å². The maximum atomic E-state index is 13.0. The van der Waals surface area contributed by atoms with Crippen LogP contribution in [0.5, 0.6) is 0 Å². The molecular formula is C16H18BFO2S. The van der Waals surface area contributed by atoms with Gasteiger partial charge in [-0.25, -0.2) is 4.39 Å². The molecule has 1 aromatic carbocycles. The zero-order valence-corrected chi connectivity index (χ0v) is 13.5. The zero-order valence-electron chi connectivity index (χ0n) is 12.6. The van der Waals surface area contributed by atoms with Gasteiger partial charge in [0.25, 0.3) is 0 Å². The molecule has 1 aromatic heterocycles. The van der Waals surface area contributed by atoms with Crippen molar-refractivity contribution in [1.29, 1.82) is 0 Å².